The number of halogens is 1. The van der Waals surface area contributed by atoms with E-state index >= 15 is 0 Å². The first-order valence-electron chi connectivity index (χ1n) is 15.6. The highest BCUT2D eigenvalue weighted by Gasteiger charge is 2.04. The van der Waals surface area contributed by atoms with Gasteiger partial charge in [-0.15, -0.1) is 0 Å². The first-order valence-corrected chi connectivity index (χ1v) is 16.0. The molecule has 0 spiro atoms. The molecule has 14 nitrogen and oxygen atoms in total. The van der Waals surface area contributed by atoms with Crippen LogP contribution in [0.5, 0.6) is 17.6 Å². The highest BCUT2D eigenvalue weighted by atomic mass is 35.5. The van der Waals surface area contributed by atoms with Gasteiger partial charge in [-0.05, 0) is 42.5 Å². The van der Waals surface area contributed by atoms with Gasteiger partial charge in [0.2, 0.25) is 39.9 Å². The van der Waals surface area contributed by atoms with Crippen molar-refractivity contribution in [3.63, 3.8) is 0 Å². The van der Waals surface area contributed by atoms with Crippen molar-refractivity contribution in [2.75, 3.05) is 21.3 Å². The molecule has 0 saturated heterocycles. The average Bonchev–Trinajstić information content (AvgIpc) is 3.19. The smallest absolute Gasteiger partial charge is 0.248 e. The molecule has 53 heavy (non-hydrogen) atoms. The molecule has 0 unspecified atom stereocenters. The minimum Gasteiger partial charge on any atom is -0.481 e. The molecule has 0 bridgehead atoms. The number of pyridine rings is 7. The van der Waals surface area contributed by atoms with E-state index in [9.17, 15) is 19.2 Å². The zero-order valence-electron chi connectivity index (χ0n) is 28.7. The summed E-state index contributed by atoms with van der Waals surface area (Å²) in [5.41, 5.74) is 3.20. The van der Waals surface area contributed by atoms with Gasteiger partial charge in [-0.3, -0.25) is 19.2 Å². The first-order chi connectivity index (χ1) is 25.7. The topological polar surface area (TPSA) is 198 Å². The van der Waals surface area contributed by atoms with Gasteiger partial charge in [0.25, 0.3) is 0 Å². The zero-order chi connectivity index (χ0) is 38.0. The Bertz CT molecular complexity index is 2210. The summed E-state index contributed by atoms with van der Waals surface area (Å²) < 4.78 is 14.9. The first kappa shape index (κ1) is 38.7. The highest BCUT2D eigenvalue weighted by molar-refractivity contribution is 6.29. The number of ether oxygens (including phenoxy) is 3. The summed E-state index contributed by atoms with van der Waals surface area (Å²) in [6.45, 7) is 0. The van der Waals surface area contributed by atoms with Crippen LogP contribution in [0.1, 0.15) is 0 Å². The lowest BCUT2D eigenvalue weighted by atomic mass is 10.2. The van der Waals surface area contributed by atoms with Gasteiger partial charge < -0.3 is 34.1 Å². The van der Waals surface area contributed by atoms with E-state index in [4.69, 9.17) is 25.8 Å². The molecule has 0 fully saturated rings. The number of rotatable bonds is 6. The lowest BCUT2D eigenvalue weighted by Crippen LogP contribution is -2.08. The third-order valence-corrected chi connectivity index (χ3v) is 6.89. The van der Waals surface area contributed by atoms with Crippen LogP contribution >= 0.6 is 11.6 Å². The Morgan fingerprint density at radius 2 is 0.679 bits per heavy atom. The van der Waals surface area contributed by atoms with Gasteiger partial charge in [-0.25, -0.2) is 15.0 Å². The van der Waals surface area contributed by atoms with E-state index < -0.39 is 0 Å². The van der Waals surface area contributed by atoms with Crippen molar-refractivity contribution < 1.29 is 14.2 Å². The third-order valence-electron chi connectivity index (χ3n) is 6.68. The third kappa shape index (κ3) is 12.6. The molecular formula is C38H34ClN7O7. The van der Waals surface area contributed by atoms with E-state index in [1.165, 1.54) is 24.3 Å². The van der Waals surface area contributed by atoms with Crippen LogP contribution in [0, 0.1) is 0 Å². The van der Waals surface area contributed by atoms with E-state index in [2.05, 4.69) is 34.9 Å². The van der Waals surface area contributed by atoms with E-state index in [-0.39, 0.29) is 22.2 Å². The Balaban J connectivity index is 0.000000161. The molecule has 0 amide bonds. The number of aromatic nitrogens is 7. The minimum absolute atomic E-state index is 0.188. The van der Waals surface area contributed by atoms with Crippen LogP contribution in [-0.4, -0.2) is 56.2 Å². The fourth-order valence-corrected chi connectivity index (χ4v) is 4.42. The van der Waals surface area contributed by atoms with Gasteiger partial charge in [0.05, 0.1) is 55.5 Å². The number of aromatic amines is 4. The second-order valence-electron chi connectivity index (χ2n) is 10.3. The Labute approximate surface area is 307 Å². The molecule has 7 aromatic rings. The largest absolute Gasteiger partial charge is 0.481 e. The summed E-state index contributed by atoms with van der Waals surface area (Å²) in [7, 11) is 4.73. The lowest BCUT2D eigenvalue weighted by Gasteiger charge is -2.04. The van der Waals surface area contributed by atoms with Crippen molar-refractivity contribution >= 4 is 11.6 Å². The van der Waals surface area contributed by atoms with Crippen LogP contribution in [0.25, 0.3) is 34.2 Å². The maximum Gasteiger partial charge on any atom is 0.248 e. The minimum atomic E-state index is -0.188. The molecule has 7 aromatic heterocycles. The number of nitrogens with one attached hydrogen (secondary N) is 4. The van der Waals surface area contributed by atoms with Crippen LogP contribution in [0.4, 0.5) is 0 Å². The predicted molar refractivity (Wildman–Crippen MR) is 203 cm³/mol. The Morgan fingerprint density at radius 3 is 0.943 bits per heavy atom. The molecule has 4 N–H and O–H groups in total. The maximum absolute atomic E-state index is 11.0. The van der Waals surface area contributed by atoms with E-state index in [1.807, 2.05) is 24.3 Å². The Kier molecular flexibility index (Phi) is 14.6. The van der Waals surface area contributed by atoms with Crippen molar-refractivity contribution in [1.82, 2.24) is 34.9 Å². The SMILES string of the molecule is COc1cccc(-c2cccc(OC)n2)n1.COc1cccc(Cl)n1.O=c1cccc(-c2cccc(=O)[nH]2)[nH]1.O=c1cccc(-c2cccc(=O)[nH]2)[nH]1. The Hall–Kier alpha value is -7.06. The van der Waals surface area contributed by atoms with E-state index in [0.717, 1.165) is 11.4 Å². The number of nitrogens with zero attached hydrogens (tertiary/aromatic N) is 3. The van der Waals surface area contributed by atoms with Gasteiger partial charge in [-0.2, -0.15) is 0 Å². The summed E-state index contributed by atoms with van der Waals surface area (Å²) >= 11 is 5.53. The van der Waals surface area contributed by atoms with Gasteiger partial charge >= 0.3 is 0 Å². The van der Waals surface area contributed by atoms with Crippen LogP contribution in [0.15, 0.2) is 147 Å². The van der Waals surface area contributed by atoms with Crippen molar-refractivity contribution in [2.45, 2.75) is 0 Å². The molecule has 270 valence electrons. The second-order valence-corrected chi connectivity index (χ2v) is 10.7. The fourth-order valence-electron chi connectivity index (χ4n) is 4.27. The summed E-state index contributed by atoms with van der Waals surface area (Å²) in [6, 6.07) is 35.5. The molecule has 0 aromatic carbocycles. The van der Waals surface area contributed by atoms with E-state index in [0.29, 0.717) is 45.6 Å². The second kappa shape index (κ2) is 20.0. The van der Waals surface area contributed by atoms with Gasteiger partial charge in [-0.1, -0.05) is 54.1 Å². The normalized spacial score (nSPS) is 9.81. The summed E-state index contributed by atoms with van der Waals surface area (Å²) in [5.74, 6) is 1.69. The van der Waals surface area contributed by atoms with Crippen molar-refractivity contribution in [3.8, 4) is 51.8 Å². The predicted octanol–water partition coefficient (Wildman–Crippen LogP) is 5.36. The van der Waals surface area contributed by atoms with Crippen LogP contribution < -0.4 is 36.4 Å². The van der Waals surface area contributed by atoms with Crippen LogP contribution in [0.3, 0.4) is 0 Å². The molecule has 0 radical (unpaired) electrons. The fraction of sp³-hybridized carbons (Fsp3) is 0.0789. The monoisotopic (exact) mass is 735 g/mol. The summed E-state index contributed by atoms with van der Waals surface area (Å²) in [6.07, 6.45) is 0. The van der Waals surface area contributed by atoms with Crippen molar-refractivity contribution in [3.05, 3.63) is 174 Å². The number of H-pyrrole nitrogens is 4. The van der Waals surface area contributed by atoms with Gasteiger partial charge in [0, 0.05) is 42.5 Å². The molecule has 7 rings (SSSR count). The van der Waals surface area contributed by atoms with Gasteiger partial charge in [0.15, 0.2) is 0 Å². The van der Waals surface area contributed by atoms with Gasteiger partial charge in [0.1, 0.15) is 5.15 Å². The van der Waals surface area contributed by atoms with Crippen molar-refractivity contribution in [2.24, 2.45) is 0 Å². The van der Waals surface area contributed by atoms with Crippen LogP contribution in [-0.2, 0) is 0 Å². The highest BCUT2D eigenvalue weighted by Crippen LogP contribution is 2.20. The molecule has 7 heterocycles. The van der Waals surface area contributed by atoms with Crippen LogP contribution in [0.2, 0.25) is 5.15 Å². The number of hydrogen-bond acceptors (Lipinski definition) is 10. The molecule has 0 saturated carbocycles. The quantitative estimate of drug-likeness (QED) is 0.161. The number of hydrogen-bond donors (Lipinski definition) is 4. The molecular weight excluding hydrogens is 702 g/mol. The molecule has 0 aliphatic heterocycles. The number of methoxy groups -OCH3 is 3. The average molecular weight is 736 g/mol. The zero-order valence-corrected chi connectivity index (χ0v) is 29.5. The summed E-state index contributed by atoms with van der Waals surface area (Å²) in [4.78, 5) is 66.9. The molecule has 0 aliphatic carbocycles. The Morgan fingerprint density at radius 1 is 0.396 bits per heavy atom. The van der Waals surface area contributed by atoms with E-state index in [1.54, 1.807) is 100 Å². The molecule has 15 heteroatoms. The maximum atomic E-state index is 11.0. The standard InChI is InChI=1S/C12H12N2O2.2C10H8N2O2.C6H6ClNO/c1-15-11-7-3-5-9(13-11)10-6-4-8-12(14-10)16-2;2*13-9-5-1-3-7(11-9)8-4-2-6-10(14)12-8;1-9-6-4-2-3-5(7)8-6/h3-8H,1-2H3;2*1-6H,(H,11,13)(H,12,14);2-4H,1H3. The van der Waals surface area contributed by atoms with Crippen molar-refractivity contribution in [1.29, 1.82) is 0 Å². The molecule has 0 aliphatic rings. The lowest BCUT2D eigenvalue weighted by molar-refractivity contribution is 0.396. The summed E-state index contributed by atoms with van der Waals surface area (Å²) in [5, 5.41) is 0.453. The molecule has 0 atom stereocenters.